The number of carbonyl (C=O) groups is 1. The predicted octanol–water partition coefficient (Wildman–Crippen LogP) is 1.35. The summed E-state index contributed by atoms with van der Waals surface area (Å²) < 4.78 is 15.7. The van der Waals surface area contributed by atoms with Gasteiger partial charge >= 0.3 is 14.0 Å². The Morgan fingerprint density at radius 3 is 2.50 bits per heavy atom. The standard InChI is InChI=1S/C8H16NO4P/c9-5-3-1-2-4-6-13-14(12)7-8(10)11/h1-7,9H2/p+1. The van der Waals surface area contributed by atoms with E-state index in [1.165, 1.54) is 0 Å². The van der Waals surface area contributed by atoms with E-state index in [0.29, 0.717) is 13.2 Å². The molecule has 0 radical (unpaired) electrons. The van der Waals surface area contributed by atoms with Crippen molar-refractivity contribution in [2.45, 2.75) is 25.7 Å². The highest BCUT2D eigenvalue weighted by atomic mass is 31.1. The van der Waals surface area contributed by atoms with Crippen molar-refractivity contribution in [3.8, 4) is 0 Å². The molecule has 0 saturated heterocycles. The summed E-state index contributed by atoms with van der Waals surface area (Å²) in [5.74, 6) is -1.09. The monoisotopic (exact) mass is 222 g/mol. The second-order valence-electron chi connectivity index (χ2n) is 2.92. The first kappa shape index (κ1) is 13.5. The normalized spacial score (nSPS) is 11.4. The third-order valence-corrected chi connectivity index (χ3v) is 2.60. The molecule has 0 fully saturated rings. The van der Waals surface area contributed by atoms with Crippen LogP contribution in [0.4, 0.5) is 0 Å². The fourth-order valence-corrected chi connectivity index (χ4v) is 1.57. The van der Waals surface area contributed by atoms with Crippen LogP contribution in [-0.4, -0.2) is 30.4 Å². The molecule has 82 valence electrons. The van der Waals surface area contributed by atoms with Crippen LogP contribution >= 0.6 is 8.03 Å². The quantitative estimate of drug-likeness (QED) is 0.454. The highest BCUT2D eigenvalue weighted by Crippen LogP contribution is 2.21. The number of unbranched alkanes of at least 4 members (excludes halogenated alkanes) is 3. The molecule has 3 N–H and O–H groups in total. The van der Waals surface area contributed by atoms with E-state index >= 15 is 0 Å². The third kappa shape index (κ3) is 9.58. The molecular formula is C8H17NO4P+. The summed E-state index contributed by atoms with van der Waals surface area (Å²) in [7, 11) is -2.02. The van der Waals surface area contributed by atoms with Gasteiger partial charge in [-0.05, 0) is 24.0 Å². The maximum Gasteiger partial charge on any atom is 0.520 e. The first-order chi connectivity index (χ1) is 6.66. The molecule has 0 aromatic carbocycles. The lowest BCUT2D eigenvalue weighted by atomic mass is 10.2. The fraction of sp³-hybridized carbons (Fsp3) is 0.875. The Bertz CT molecular complexity index is 186. The number of carboxylic acid groups (broad SMARTS) is 1. The van der Waals surface area contributed by atoms with E-state index in [1.54, 1.807) is 0 Å². The van der Waals surface area contributed by atoms with Crippen LogP contribution in [0.1, 0.15) is 25.7 Å². The van der Waals surface area contributed by atoms with Crippen LogP contribution in [0.3, 0.4) is 0 Å². The Balaban J connectivity index is 3.19. The van der Waals surface area contributed by atoms with Gasteiger partial charge in [0, 0.05) is 0 Å². The lowest BCUT2D eigenvalue weighted by Crippen LogP contribution is -2.00. The summed E-state index contributed by atoms with van der Waals surface area (Å²) in [5, 5.41) is 8.28. The van der Waals surface area contributed by atoms with Crippen LogP contribution in [0.5, 0.6) is 0 Å². The molecule has 0 spiro atoms. The highest BCUT2D eigenvalue weighted by molar-refractivity contribution is 7.40. The van der Waals surface area contributed by atoms with E-state index < -0.39 is 20.2 Å². The van der Waals surface area contributed by atoms with E-state index in [1.807, 2.05) is 0 Å². The van der Waals surface area contributed by atoms with Gasteiger partial charge in [-0.25, -0.2) is 4.79 Å². The molecule has 1 unspecified atom stereocenters. The Labute approximate surface area is 84.5 Å². The molecule has 0 saturated carbocycles. The van der Waals surface area contributed by atoms with Crippen LogP contribution in [0.25, 0.3) is 0 Å². The highest BCUT2D eigenvalue weighted by Gasteiger charge is 2.21. The summed E-state index contributed by atoms with van der Waals surface area (Å²) in [6.45, 7) is 1.06. The van der Waals surface area contributed by atoms with Crippen LogP contribution in [0.2, 0.25) is 0 Å². The summed E-state index contributed by atoms with van der Waals surface area (Å²) >= 11 is 0. The molecule has 0 heterocycles. The summed E-state index contributed by atoms with van der Waals surface area (Å²) in [6, 6.07) is 0. The minimum Gasteiger partial charge on any atom is -0.478 e. The molecule has 5 nitrogen and oxygen atoms in total. The molecule has 0 bridgehead atoms. The van der Waals surface area contributed by atoms with Gasteiger partial charge < -0.3 is 10.8 Å². The largest absolute Gasteiger partial charge is 0.520 e. The summed E-state index contributed by atoms with van der Waals surface area (Å²) in [4.78, 5) is 10.1. The van der Waals surface area contributed by atoms with Gasteiger partial charge in [0.2, 0.25) is 0 Å². The summed E-state index contributed by atoms with van der Waals surface area (Å²) in [5.41, 5.74) is 5.30. The predicted molar refractivity (Wildman–Crippen MR) is 53.6 cm³/mol. The number of carboxylic acids is 1. The Morgan fingerprint density at radius 1 is 1.29 bits per heavy atom. The minimum atomic E-state index is -2.02. The van der Waals surface area contributed by atoms with Crippen molar-refractivity contribution in [1.82, 2.24) is 0 Å². The first-order valence-corrected chi connectivity index (χ1v) is 6.02. The zero-order valence-electron chi connectivity index (χ0n) is 8.15. The van der Waals surface area contributed by atoms with Gasteiger partial charge in [-0.15, -0.1) is 4.52 Å². The molecule has 0 aromatic rings. The summed E-state index contributed by atoms with van der Waals surface area (Å²) in [6.07, 6.45) is 3.41. The Kier molecular flexibility index (Phi) is 8.73. The first-order valence-electron chi connectivity index (χ1n) is 4.66. The van der Waals surface area contributed by atoms with Gasteiger partial charge in [0.05, 0.1) is 0 Å². The van der Waals surface area contributed by atoms with Crippen LogP contribution < -0.4 is 5.73 Å². The maximum atomic E-state index is 10.9. The second kappa shape index (κ2) is 9.06. The molecule has 0 aromatic heterocycles. The van der Waals surface area contributed by atoms with Gasteiger partial charge in [-0.1, -0.05) is 12.8 Å². The molecule has 0 aliphatic carbocycles. The van der Waals surface area contributed by atoms with Gasteiger partial charge in [-0.2, -0.15) is 0 Å². The van der Waals surface area contributed by atoms with Gasteiger partial charge in [0.25, 0.3) is 6.16 Å². The van der Waals surface area contributed by atoms with Crippen molar-refractivity contribution in [2.75, 3.05) is 19.3 Å². The molecule has 6 heteroatoms. The number of rotatable bonds is 9. The van der Waals surface area contributed by atoms with Gasteiger partial charge in [0.1, 0.15) is 6.61 Å². The van der Waals surface area contributed by atoms with Crippen LogP contribution in [0, 0.1) is 0 Å². The number of nitrogens with two attached hydrogens (primary N) is 1. The second-order valence-corrected chi connectivity index (χ2v) is 4.16. The topological polar surface area (TPSA) is 89.6 Å². The third-order valence-electron chi connectivity index (χ3n) is 1.60. The number of hydrogen-bond acceptors (Lipinski definition) is 4. The zero-order valence-corrected chi connectivity index (χ0v) is 9.04. The van der Waals surface area contributed by atoms with Crippen LogP contribution in [-0.2, 0) is 13.9 Å². The smallest absolute Gasteiger partial charge is 0.478 e. The SMILES string of the molecule is NCCCCCCO[P+](=O)CC(=O)O. The number of aliphatic carboxylic acids is 1. The van der Waals surface area contributed by atoms with Crippen molar-refractivity contribution in [3.63, 3.8) is 0 Å². The molecule has 0 aliphatic heterocycles. The van der Waals surface area contributed by atoms with E-state index in [9.17, 15) is 9.36 Å². The molecule has 0 amide bonds. The van der Waals surface area contributed by atoms with E-state index in [4.69, 9.17) is 15.4 Å². The van der Waals surface area contributed by atoms with Crippen molar-refractivity contribution < 1.29 is 19.0 Å². The lowest BCUT2D eigenvalue weighted by molar-refractivity contribution is -0.134. The molecular weight excluding hydrogens is 205 g/mol. The van der Waals surface area contributed by atoms with Crippen LogP contribution in [0.15, 0.2) is 0 Å². The lowest BCUT2D eigenvalue weighted by Gasteiger charge is -1.95. The molecule has 14 heavy (non-hydrogen) atoms. The zero-order chi connectivity index (χ0) is 10.8. The maximum absolute atomic E-state index is 10.9. The van der Waals surface area contributed by atoms with Crippen molar-refractivity contribution in [2.24, 2.45) is 5.73 Å². The molecule has 0 rings (SSSR count). The average Bonchev–Trinajstić information content (AvgIpc) is 2.10. The van der Waals surface area contributed by atoms with Crippen molar-refractivity contribution >= 4 is 14.0 Å². The van der Waals surface area contributed by atoms with Crippen molar-refractivity contribution in [3.05, 3.63) is 0 Å². The van der Waals surface area contributed by atoms with E-state index in [0.717, 1.165) is 25.7 Å². The minimum absolute atomic E-state index is 0.368. The van der Waals surface area contributed by atoms with Gasteiger partial charge in [0.15, 0.2) is 0 Å². The van der Waals surface area contributed by atoms with E-state index in [-0.39, 0.29) is 0 Å². The fourth-order valence-electron chi connectivity index (χ4n) is 0.922. The van der Waals surface area contributed by atoms with Gasteiger partial charge in [-0.3, -0.25) is 0 Å². The average molecular weight is 222 g/mol. The number of hydrogen-bond donors (Lipinski definition) is 2. The van der Waals surface area contributed by atoms with Crippen molar-refractivity contribution in [1.29, 1.82) is 0 Å². The van der Waals surface area contributed by atoms with E-state index in [2.05, 4.69) is 0 Å². The Hall–Kier alpha value is -0.510. The molecule has 1 atom stereocenters. The Morgan fingerprint density at radius 2 is 1.93 bits per heavy atom. The molecule has 0 aliphatic rings.